The molecule has 3 aromatic rings. The summed E-state index contributed by atoms with van der Waals surface area (Å²) >= 11 is 0. The van der Waals surface area contributed by atoms with Gasteiger partial charge in [-0.25, -0.2) is 9.97 Å². The zero-order valence-corrected chi connectivity index (χ0v) is 18.1. The number of hydrogen-bond acceptors (Lipinski definition) is 7. The van der Waals surface area contributed by atoms with Crippen LogP contribution in [0.1, 0.15) is 30.8 Å². The van der Waals surface area contributed by atoms with Gasteiger partial charge in [-0.1, -0.05) is 0 Å². The van der Waals surface area contributed by atoms with Crippen LogP contribution in [0.4, 0.5) is 24.9 Å². The molecule has 174 valence electrons. The normalized spacial score (nSPS) is 20.1. The summed E-state index contributed by atoms with van der Waals surface area (Å²) in [5.41, 5.74) is -0.583. The summed E-state index contributed by atoms with van der Waals surface area (Å²) in [6.45, 7) is 4.77. The van der Waals surface area contributed by atoms with Crippen LogP contribution >= 0.6 is 0 Å². The van der Waals surface area contributed by atoms with E-state index in [0.29, 0.717) is 54.9 Å². The van der Waals surface area contributed by atoms with Gasteiger partial charge in [0.05, 0.1) is 6.20 Å². The van der Waals surface area contributed by atoms with Gasteiger partial charge in [-0.15, -0.1) is 0 Å². The summed E-state index contributed by atoms with van der Waals surface area (Å²) in [6, 6.07) is 1.02. The van der Waals surface area contributed by atoms with E-state index in [0.717, 1.165) is 31.9 Å². The fraction of sp³-hybridized carbons (Fsp3) is 0.571. The maximum Gasteiger partial charge on any atom is 0.433 e. The highest BCUT2D eigenvalue weighted by atomic mass is 19.4. The molecule has 0 aromatic carbocycles. The Hall–Kier alpha value is -3.18. The maximum atomic E-state index is 13.2. The van der Waals surface area contributed by atoms with Gasteiger partial charge in [0.1, 0.15) is 22.7 Å². The number of aromatic nitrogens is 6. The van der Waals surface area contributed by atoms with E-state index in [1.807, 2.05) is 4.90 Å². The molecule has 0 unspecified atom stereocenters. The number of aryl methyl sites for hydroxylation is 1. The lowest BCUT2D eigenvalue weighted by Crippen LogP contribution is -2.58. The predicted molar refractivity (Wildman–Crippen MR) is 114 cm³/mol. The molecule has 12 heteroatoms. The van der Waals surface area contributed by atoms with Gasteiger partial charge >= 0.3 is 6.18 Å². The van der Waals surface area contributed by atoms with E-state index in [4.69, 9.17) is 4.98 Å². The molecule has 1 spiro atoms. The summed E-state index contributed by atoms with van der Waals surface area (Å²) in [5.74, 6) is 1.57. The maximum absolute atomic E-state index is 13.2. The Morgan fingerprint density at radius 2 is 1.91 bits per heavy atom. The minimum Gasteiger partial charge on any atom is -0.355 e. The number of alkyl halides is 3. The number of fused-ring (bicyclic) bond motifs is 1. The molecule has 2 saturated heterocycles. The van der Waals surface area contributed by atoms with Crippen molar-refractivity contribution in [2.75, 3.05) is 36.0 Å². The first kappa shape index (κ1) is 20.4. The smallest absolute Gasteiger partial charge is 0.355 e. The fourth-order valence-corrected chi connectivity index (χ4v) is 5.03. The van der Waals surface area contributed by atoms with Gasteiger partial charge in [0, 0.05) is 44.2 Å². The lowest BCUT2D eigenvalue weighted by atomic mass is 9.79. The van der Waals surface area contributed by atoms with E-state index < -0.39 is 11.9 Å². The molecule has 3 fully saturated rings. The first-order valence-electron chi connectivity index (χ1n) is 11.1. The highest BCUT2D eigenvalue weighted by Gasteiger charge is 2.49. The van der Waals surface area contributed by atoms with Crippen LogP contribution in [-0.2, 0) is 12.7 Å². The fourth-order valence-electron chi connectivity index (χ4n) is 5.03. The highest BCUT2D eigenvalue weighted by molar-refractivity contribution is 5.74. The number of H-pyrrole nitrogens is 1. The Labute approximate surface area is 186 Å². The van der Waals surface area contributed by atoms with Gasteiger partial charge in [0.2, 0.25) is 5.95 Å². The molecular formula is C21H23F3N8O. The summed E-state index contributed by atoms with van der Waals surface area (Å²) in [6.07, 6.45) is 0.127. The minimum atomic E-state index is -4.50. The van der Waals surface area contributed by atoms with E-state index in [1.165, 1.54) is 13.1 Å². The zero-order valence-electron chi connectivity index (χ0n) is 18.1. The van der Waals surface area contributed by atoms with Crippen molar-refractivity contribution in [2.24, 2.45) is 11.3 Å². The van der Waals surface area contributed by atoms with Crippen LogP contribution in [0.2, 0.25) is 0 Å². The standard InChI is InChI=1S/C21H23F3N8O/c1-12-26-15(21(22,23)24)6-16(27-12)31-10-20(11-31)4-5-30(9-20)19-28-17-14(7-25-29-17)18(33)32(19)8-13-2-3-13/h6-7,13H,2-5,8-11H2,1H3,(H,25,29). The Kier molecular flexibility index (Phi) is 4.28. The van der Waals surface area contributed by atoms with Crippen LogP contribution in [-0.4, -0.2) is 55.9 Å². The van der Waals surface area contributed by atoms with E-state index in [9.17, 15) is 18.0 Å². The Morgan fingerprint density at radius 3 is 2.64 bits per heavy atom. The van der Waals surface area contributed by atoms with Crippen LogP contribution in [0, 0.1) is 18.3 Å². The molecule has 1 saturated carbocycles. The number of aromatic amines is 1. The zero-order chi connectivity index (χ0) is 23.0. The van der Waals surface area contributed by atoms with Crippen molar-refractivity contribution in [1.82, 2.24) is 29.7 Å². The van der Waals surface area contributed by atoms with Crippen LogP contribution in [0.25, 0.3) is 11.0 Å². The number of nitrogens with one attached hydrogen (secondary N) is 1. The van der Waals surface area contributed by atoms with Gasteiger partial charge in [-0.05, 0) is 32.1 Å². The number of nitrogens with zero attached hydrogens (tertiary/aromatic N) is 7. The first-order chi connectivity index (χ1) is 15.7. The van der Waals surface area contributed by atoms with Crippen molar-refractivity contribution in [3.63, 3.8) is 0 Å². The van der Waals surface area contributed by atoms with Gasteiger partial charge in [0.15, 0.2) is 5.65 Å². The second-order valence-corrected chi connectivity index (χ2v) is 9.59. The molecule has 9 nitrogen and oxygen atoms in total. The van der Waals surface area contributed by atoms with Crippen LogP contribution in [0.3, 0.4) is 0 Å². The van der Waals surface area contributed by atoms with E-state index in [1.54, 1.807) is 4.57 Å². The molecule has 1 aliphatic carbocycles. The first-order valence-corrected chi connectivity index (χ1v) is 11.1. The molecular weight excluding hydrogens is 437 g/mol. The molecule has 2 aliphatic heterocycles. The molecule has 33 heavy (non-hydrogen) atoms. The number of hydrogen-bond donors (Lipinski definition) is 1. The topological polar surface area (TPSA) is 95.8 Å². The largest absolute Gasteiger partial charge is 0.433 e. The second kappa shape index (κ2) is 6.91. The van der Waals surface area contributed by atoms with E-state index >= 15 is 0 Å². The van der Waals surface area contributed by atoms with Crippen molar-refractivity contribution in [1.29, 1.82) is 0 Å². The monoisotopic (exact) mass is 460 g/mol. The van der Waals surface area contributed by atoms with Gasteiger partial charge in [-0.2, -0.15) is 23.3 Å². The third kappa shape index (κ3) is 3.51. The van der Waals surface area contributed by atoms with Crippen molar-refractivity contribution in [2.45, 2.75) is 38.9 Å². The molecule has 6 rings (SSSR count). The molecule has 0 radical (unpaired) electrons. The second-order valence-electron chi connectivity index (χ2n) is 9.59. The third-order valence-corrected chi connectivity index (χ3v) is 6.90. The number of rotatable bonds is 4. The molecule has 0 atom stereocenters. The Bertz CT molecular complexity index is 1290. The average molecular weight is 460 g/mol. The molecule has 0 amide bonds. The van der Waals surface area contributed by atoms with Crippen molar-refractivity contribution in [3.05, 3.63) is 34.1 Å². The molecule has 0 bridgehead atoms. The minimum absolute atomic E-state index is 0.0671. The molecule has 3 aromatic heterocycles. The van der Waals surface area contributed by atoms with Gasteiger partial charge < -0.3 is 9.80 Å². The van der Waals surface area contributed by atoms with E-state index in [-0.39, 0.29) is 16.8 Å². The number of anilines is 2. The summed E-state index contributed by atoms with van der Waals surface area (Å²) in [4.78, 5) is 29.6. The lowest BCUT2D eigenvalue weighted by molar-refractivity contribution is -0.141. The lowest BCUT2D eigenvalue weighted by Gasteiger charge is -2.48. The highest BCUT2D eigenvalue weighted by Crippen LogP contribution is 2.43. The van der Waals surface area contributed by atoms with Crippen molar-refractivity contribution < 1.29 is 13.2 Å². The van der Waals surface area contributed by atoms with Crippen molar-refractivity contribution in [3.8, 4) is 0 Å². The third-order valence-electron chi connectivity index (χ3n) is 6.90. The summed E-state index contributed by atoms with van der Waals surface area (Å²) in [5, 5.41) is 7.27. The SMILES string of the molecule is Cc1nc(N2CC3(CCN(c4nc5[nH]ncc5c(=O)n4CC4CC4)C3)C2)cc(C(F)(F)F)n1. The quantitative estimate of drug-likeness (QED) is 0.639. The van der Waals surface area contributed by atoms with Gasteiger partial charge in [-0.3, -0.25) is 14.5 Å². The number of halogens is 3. The molecule has 5 heterocycles. The predicted octanol–water partition coefficient (Wildman–Crippen LogP) is 2.36. The summed E-state index contributed by atoms with van der Waals surface area (Å²) in [7, 11) is 0. The Morgan fingerprint density at radius 1 is 1.15 bits per heavy atom. The van der Waals surface area contributed by atoms with Crippen LogP contribution in [0.5, 0.6) is 0 Å². The van der Waals surface area contributed by atoms with Gasteiger partial charge in [0.25, 0.3) is 5.56 Å². The average Bonchev–Trinajstić information content (AvgIpc) is 3.23. The Balaban J connectivity index is 1.24. The van der Waals surface area contributed by atoms with Crippen LogP contribution < -0.4 is 15.4 Å². The van der Waals surface area contributed by atoms with E-state index in [2.05, 4.69) is 25.1 Å². The molecule has 3 aliphatic rings. The summed E-state index contributed by atoms with van der Waals surface area (Å²) < 4.78 is 41.3. The van der Waals surface area contributed by atoms with Crippen LogP contribution in [0.15, 0.2) is 17.1 Å². The van der Waals surface area contributed by atoms with Crippen molar-refractivity contribution >= 4 is 22.8 Å². The molecule has 1 N–H and O–H groups in total.